The van der Waals surface area contributed by atoms with Crippen LogP contribution in [0.5, 0.6) is 0 Å². The van der Waals surface area contributed by atoms with Crippen LogP contribution in [0.25, 0.3) is 0 Å². The van der Waals surface area contributed by atoms with Gasteiger partial charge in [-0.3, -0.25) is 0 Å². The molecule has 3 heteroatoms. The van der Waals surface area contributed by atoms with Crippen molar-refractivity contribution in [3.8, 4) is 0 Å². The van der Waals surface area contributed by atoms with Gasteiger partial charge in [-0.1, -0.05) is 0 Å². The van der Waals surface area contributed by atoms with E-state index in [2.05, 4.69) is 6.58 Å². The molecular weight excluding hydrogens is 175 g/mol. The number of hydrogen-bond donors (Lipinski definition) is 1. The zero-order valence-electron chi connectivity index (χ0n) is 4.52. The molecule has 1 nitrogen and oxygen atoms in total. The quantitative estimate of drug-likeness (QED) is 0.497. The van der Waals surface area contributed by atoms with E-state index in [0.29, 0.717) is 5.03 Å². The van der Waals surface area contributed by atoms with Crippen molar-refractivity contribution in [3.63, 3.8) is 0 Å². The average molecular weight is 181 g/mol. The van der Waals surface area contributed by atoms with E-state index >= 15 is 0 Å². The molecule has 0 radical (unpaired) electrons. The molecular formula is C5H6ClNZn. The molecule has 0 spiro atoms. The summed E-state index contributed by atoms with van der Waals surface area (Å²) in [6, 6.07) is 0. The monoisotopic (exact) mass is 179 g/mol. The van der Waals surface area contributed by atoms with Gasteiger partial charge in [-0.25, -0.2) is 0 Å². The number of rotatable bonds is 2. The summed E-state index contributed by atoms with van der Waals surface area (Å²) in [7, 11) is 0. The molecule has 0 aliphatic carbocycles. The molecule has 0 atom stereocenters. The number of allylic oxidation sites excluding steroid dienone is 2. The van der Waals surface area contributed by atoms with Crippen molar-refractivity contribution in [2.75, 3.05) is 0 Å². The van der Waals surface area contributed by atoms with Crippen LogP contribution in [0.15, 0.2) is 23.8 Å². The summed E-state index contributed by atoms with van der Waals surface area (Å²) in [6.45, 7) is 3.47. The van der Waals surface area contributed by atoms with E-state index in [1.165, 1.54) is 0 Å². The zero-order valence-corrected chi connectivity index (χ0v) is 8.25. The van der Waals surface area contributed by atoms with Crippen LogP contribution in [0.1, 0.15) is 0 Å². The third-order valence-electron chi connectivity index (χ3n) is 0.571. The first-order valence-corrected chi connectivity index (χ1v) is 3.97. The van der Waals surface area contributed by atoms with E-state index in [9.17, 15) is 0 Å². The molecule has 0 saturated carbocycles. The molecule has 0 aromatic rings. The Hall–Kier alpha value is 0.223. The van der Waals surface area contributed by atoms with Crippen LogP contribution < -0.4 is 5.73 Å². The molecule has 8 heavy (non-hydrogen) atoms. The summed E-state index contributed by atoms with van der Waals surface area (Å²) in [6.07, 6.45) is 3.30. The van der Waals surface area contributed by atoms with E-state index in [1.54, 1.807) is 12.2 Å². The summed E-state index contributed by atoms with van der Waals surface area (Å²) in [4.78, 5) is 0. The van der Waals surface area contributed by atoms with Crippen LogP contribution in [-0.4, -0.2) is 4.23 Å². The SMILES string of the molecule is C=C/C=C(/Cl)[C](N)=[Zn]. The van der Waals surface area contributed by atoms with Crippen LogP contribution in [0, 0.1) is 0 Å². The van der Waals surface area contributed by atoms with E-state index in [1.807, 2.05) is 0 Å². The minimum absolute atomic E-state index is 0.611. The number of halogens is 1. The molecule has 0 bridgehead atoms. The van der Waals surface area contributed by atoms with Gasteiger partial charge in [-0.05, 0) is 0 Å². The second-order valence-electron chi connectivity index (χ2n) is 1.28. The summed E-state index contributed by atoms with van der Waals surface area (Å²) in [5.74, 6) is 0. The summed E-state index contributed by atoms with van der Waals surface area (Å²) in [5, 5.41) is 0.611. The molecule has 0 aliphatic rings. The van der Waals surface area contributed by atoms with Gasteiger partial charge in [-0.15, -0.1) is 0 Å². The van der Waals surface area contributed by atoms with Gasteiger partial charge in [0.05, 0.1) is 0 Å². The molecule has 0 aromatic heterocycles. The van der Waals surface area contributed by atoms with Crippen molar-refractivity contribution >= 4 is 15.8 Å². The predicted molar refractivity (Wildman–Crippen MR) is 33.3 cm³/mol. The molecule has 0 amide bonds. The molecule has 0 saturated heterocycles. The fraction of sp³-hybridized carbons (Fsp3) is 0. The van der Waals surface area contributed by atoms with Crippen molar-refractivity contribution in [2.45, 2.75) is 0 Å². The van der Waals surface area contributed by atoms with Gasteiger partial charge in [0.15, 0.2) is 0 Å². The van der Waals surface area contributed by atoms with E-state index < -0.39 is 0 Å². The normalized spacial score (nSPS) is 11.2. The van der Waals surface area contributed by atoms with Crippen molar-refractivity contribution in [2.24, 2.45) is 5.73 Å². The molecule has 2 N–H and O–H groups in total. The van der Waals surface area contributed by atoms with Gasteiger partial charge in [-0.2, -0.15) is 0 Å². The summed E-state index contributed by atoms with van der Waals surface area (Å²) in [5.41, 5.74) is 5.35. The fourth-order valence-corrected chi connectivity index (χ4v) is 0.547. The van der Waals surface area contributed by atoms with Crippen LogP contribution in [0.2, 0.25) is 0 Å². The molecule has 40 valence electrons. The Balaban J connectivity index is 3.99. The van der Waals surface area contributed by atoms with Crippen LogP contribution >= 0.6 is 11.6 Å². The second-order valence-corrected chi connectivity index (χ2v) is 3.28. The van der Waals surface area contributed by atoms with Gasteiger partial charge < -0.3 is 0 Å². The first-order valence-electron chi connectivity index (χ1n) is 2.11. The summed E-state index contributed by atoms with van der Waals surface area (Å²) < 4.78 is 0.742. The van der Waals surface area contributed by atoms with Gasteiger partial charge in [0.25, 0.3) is 0 Å². The Kier molecular flexibility index (Phi) is 4.25. The topological polar surface area (TPSA) is 26.0 Å². The third-order valence-corrected chi connectivity index (χ3v) is 2.21. The maximum atomic E-state index is 5.57. The van der Waals surface area contributed by atoms with Crippen molar-refractivity contribution < 1.29 is 17.9 Å². The standard InChI is InChI=1S/C5H6ClN.Zn/c1-2-3-5(6)4-7;/h2-3H,1,7H2;/b5-3+;. The Morgan fingerprint density at radius 1 is 1.75 bits per heavy atom. The summed E-state index contributed by atoms with van der Waals surface area (Å²) >= 11 is 6.48. The Bertz CT molecular complexity index is 139. The van der Waals surface area contributed by atoms with Gasteiger partial charge >= 0.3 is 63.2 Å². The van der Waals surface area contributed by atoms with E-state index in [0.717, 1.165) is 22.1 Å². The van der Waals surface area contributed by atoms with Gasteiger partial charge in [0, 0.05) is 0 Å². The number of hydrogen-bond acceptors (Lipinski definition) is 1. The van der Waals surface area contributed by atoms with Gasteiger partial charge in [0.2, 0.25) is 0 Å². The van der Waals surface area contributed by atoms with Crippen molar-refractivity contribution in [1.29, 1.82) is 0 Å². The Morgan fingerprint density at radius 2 is 2.25 bits per heavy atom. The molecule has 0 aliphatic heterocycles. The maximum absolute atomic E-state index is 5.57. The molecule has 0 rings (SSSR count). The van der Waals surface area contributed by atoms with Crippen LogP contribution in [0.4, 0.5) is 0 Å². The Labute approximate surface area is 63.4 Å². The zero-order chi connectivity index (χ0) is 6.57. The Morgan fingerprint density at radius 3 is 2.38 bits per heavy atom. The predicted octanol–water partition coefficient (Wildman–Crippen LogP) is 0.930. The van der Waals surface area contributed by atoms with E-state index in [-0.39, 0.29) is 0 Å². The molecule has 0 unspecified atom stereocenters. The molecule has 0 heterocycles. The average Bonchev–Trinajstić information content (AvgIpc) is 1.67. The first-order chi connectivity index (χ1) is 3.68. The third kappa shape index (κ3) is 3.25. The molecule has 0 fully saturated rings. The van der Waals surface area contributed by atoms with Crippen molar-refractivity contribution in [1.82, 2.24) is 0 Å². The van der Waals surface area contributed by atoms with Gasteiger partial charge in [0.1, 0.15) is 0 Å². The van der Waals surface area contributed by atoms with Crippen LogP contribution in [-0.2, 0) is 17.9 Å². The number of nitrogens with two attached hydrogens (primary N) is 1. The minimum atomic E-state index is 0.611. The first kappa shape index (κ1) is 8.22. The van der Waals surface area contributed by atoms with E-state index in [4.69, 9.17) is 17.3 Å². The fourth-order valence-electron chi connectivity index (χ4n) is 0.211. The second kappa shape index (κ2) is 4.14. The molecule has 0 aromatic carbocycles. The van der Waals surface area contributed by atoms with Crippen LogP contribution in [0.3, 0.4) is 0 Å². The van der Waals surface area contributed by atoms with Crippen molar-refractivity contribution in [3.05, 3.63) is 23.8 Å².